The quantitative estimate of drug-likeness (QED) is 0.876. The molecule has 0 spiro atoms. The van der Waals surface area contributed by atoms with Crippen LogP contribution in [0.15, 0.2) is 36.5 Å². The lowest BCUT2D eigenvalue weighted by molar-refractivity contribution is -0.139. The largest absolute Gasteiger partial charge is 0.480 e. The molecule has 1 atom stereocenters. The molecule has 6 nitrogen and oxygen atoms in total. The maximum atomic E-state index is 12.0. The number of amides is 1. The van der Waals surface area contributed by atoms with Crippen molar-refractivity contribution in [1.29, 1.82) is 0 Å². The maximum Gasteiger partial charge on any atom is 0.326 e. The van der Waals surface area contributed by atoms with Gasteiger partial charge in [0.15, 0.2) is 0 Å². The molecule has 0 radical (unpaired) electrons. The molecule has 0 aliphatic heterocycles. The normalized spacial score (nSPS) is 11.9. The summed E-state index contributed by atoms with van der Waals surface area (Å²) in [5.41, 5.74) is 1.03. The van der Waals surface area contributed by atoms with Crippen LogP contribution in [0.4, 0.5) is 0 Å². The predicted octanol–water partition coefficient (Wildman–Crippen LogP) is 1.50. The van der Waals surface area contributed by atoms with E-state index in [4.69, 9.17) is 11.6 Å². The number of benzene rings is 1. The molecule has 0 bridgehead atoms. The van der Waals surface area contributed by atoms with Crippen molar-refractivity contribution in [3.8, 4) is 0 Å². The van der Waals surface area contributed by atoms with Crippen molar-refractivity contribution in [1.82, 2.24) is 15.1 Å². The summed E-state index contributed by atoms with van der Waals surface area (Å²) < 4.78 is 1.38. The lowest BCUT2D eigenvalue weighted by Crippen LogP contribution is -2.42. The Morgan fingerprint density at radius 3 is 2.76 bits per heavy atom. The van der Waals surface area contributed by atoms with Crippen LogP contribution >= 0.6 is 11.6 Å². The molecule has 7 heteroatoms. The molecule has 0 fully saturated rings. The molecule has 1 amide bonds. The molecule has 0 aliphatic rings. The molecule has 2 rings (SSSR count). The van der Waals surface area contributed by atoms with E-state index in [1.165, 1.54) is 16.9 Å². The summed E-state index contributed by atoms with van der Waals surface area (Å²) in [6.07, 6.45) is 1.63. The fourth-order valence-electron chi connectivity index (χ4n) is 1.93. The van der Waals surface area contributed by atoms with E-state index in [1.807, 2.05) is 0 Å². The highest BCUT2D eigenvalue weighted by Crippen LogP contribution is 2.12. The van der Waals surface area contributed by atoms with Crippen LogP contribution in [0.2, 0.25) is 5.02 Å². The Hall–Kier alpha value is -2.34. The number of carboxylic acid groups (broad SMARTS) is 1. The van der Waals surface area contributed by atoms with Crippen LogP contribution in [0.1, 0.15) is 16.1 Å². The number of aromatic nitrogens is 2. The van der Waals surface area contributed by atoms with E-state index in [0.29, 0.717) is 10.7 Å². The van der Waals surface area contributed by atoms with Gasteiger partial charge in [-0.25, -0.2) is 4.79 Å². The molecule has 1 aromatic heterocycles. The van der Waals surface area contributed by atoms with Crippen LogP contribution in [0.5, 0.6) is 0 Å². The number of halogens is 1. The van der Waals surface area contributed by atoms with Crippen molar-refractivity contribution in [3.05, 3.63) is 52.8 Å². The summed E-state index contributed by atoms with van der Waals surface area (Å²) >= 11 is 5.87. The number of nitrogens with one attached hydrogen (secondary N) is 1. The zero-order valence-corrected chi connectivity index (χ0v) is 12.0. The molecule has 1 aromatic carbocycles. The third-order valence-corrected chi connectivity index (χ3v) is 3.22. The van der Waals surface area contributed by atoms with Crippen molar-refractivity contribution < 1.29 is 14.7 Å². The number of aryl methyl sites for hydroxylation is 1. The number of rotatable bonds is 5. The summed E-state index contributed by atoms with van der Waals surface area (Å²) in [6, 6.07) is 7.36. The second-order valence-corrected chi connectivity index (χ2v) is 4.97. The molecule has 110 valence electrons. The molecular formula is C14H14ClN3O3. The molecule has 21 heavy (non-hydrogen) atoms. The average Bonchev–Trinajstić information content (AvgIpc) is 2.84. The standard InChI is InChI=1S/C14H14ClN3O3/c1-18-12(5-6-16-18)13(19)17-11(14(20)21)8-9-3-2-4-10(15)7-9/h2-7,11H,8H2,1H3,(H,17,19)(H,20,21). The third kappa shape index (κ3) is 3.82. The van der Waals surface area contributed by atoms with Crippen LogP contribution in [0.25, 0.3) is 0 Å². The molecule has 1 unspecified atom stereocenters. The number of hydrogen-bond acceptors (Lipinski definition) is 3. The fourth-order valence-corrected chi connectivity index (χ4v) is 2.14. The van der Waals surface area contributed by atoms with Gasteiger partial charge >= 0.3 is 5.97 Å². The molecule has 0 saturated heterocycles. The first-order chi connectivity index (χ1) is 9.97. The van der Waals surface area contributed by atoms with E-state index in [1.54, 1.807) is 31.3 Å². The minimum Gasteiger partial charge on any atom is -0.480 e. The van der Waals surface area contributed by atoms with Gasteiger partial charge in [0, 0.05) is 24.7 Å². The van der Waals surface area contributed by atoms with Gasteiger partial charge in [-0.2, -0.15) is 5.10 Å². The van der Waals surface area contributed by atoms with Gasteiger partial charge in [0.2, 0.25) is 0 Å². The lowest BCUT2D eigenvalue weighted by Gasteiger charge is -2.14. The number of carbonyl (C=O) groups excluding carboxylic acids is 1. The lowest BCUT2D eigenvalue weighted by atomic mass is 10.1. The van der Waals surface area contributed by atoms with E-state index in [0.717, 1.165) is 5.56 Å². The van der Waals surface area contributed by atoms with Gasteiger partial charge in [-0.05, 0) is 23.8 Å². The number of hydrogen-bond donors (Lipinski definition) is 2. The number of carboxylic acids is 1. The number of nitrogens with zero attached hydrogens (tertiary/aromatic N) is 2. The van der Waals surface area contributed by atoms with Crippen LogP contribution < -0.4 is 5.32 Å². The molecule has 1 heterocycles. The Kier molecular flexibility index (Phi) is 4.59. The Labute approximate surface area is 126 Å². The highest BCUT2D eigenvalue weighted by atomic mass is 35.5. The summed E-state index contributed by atoms with van der Waals surface area (Å²) in [7, 11) is 1.61. The smallest absolute Gasteiger partial charge is 0.326 e. The van der Waals surface area contributed by atoms with Crippen LogP contribution in [-0.2, 0) is 18.3 Å². The number of aliphatic carboxylic acids is 1. The third-order valence-electron chi connectivity index (χ3n) is 2.99. The summed E-state index contributed by atoms with van der Waals surface area (Å²) in [5.74, 6) is -1.59. The van der Waals surface area contributed by atoms with E-state index in [-0.39, 0.29) is 6.42 Å². The highest BCUT2D eigenvalue weighted by molar-refractivity contribution is 6.30. The zero-order valence-electron chi connectivity index (χ0n) is 11.3. The Morgan fingerprint density at radius 2 is 2.19 bits per heavy atom. The second-order valence-electron chi connectivity index (χ2n) is 4.54. The van der Waals surface area contributed by atoms with E-state index < -0.39 is 17.9 Å². The van der Waals surface area contributed by atoms with Crippen LogP contribution in [0, 0.1) is 0 Å². The Bertz CT molecular complexity index is 669. The zero-order chi connectivity index (χ0) is 15.4. The first-order valence-corrected chi connectivity index (χ1v) is 6.61. The predicted molar refractivity (Wildman–Crippen MR) is 77.3 cm³/mol. The van der Waals surface area contributed by atoms with Crippen LogP contribution in [-0.4, -0.2) is 32.8 Å². The van der Waals surface area contributed by atoms with Crippen molar-refractivity contribution >= 4 is 23.5 Å². The number of carbonyl (C=O) groups is 2. The van der Waals surface area contributed by atoms with Crippen molar-refractivity contribution in [2.45, 2.75) is 12.5 Å². The maximum absolute atomic E-state index is 12.0. The average molecular weight is 308 g/mol. The minimum absolute atomic E-state index is 0.152. The summed E-state index contributed by atoms with van der Waals surface area (Å²) in [5, 5.41) is 16.1. The van der Waals surface area contributed by atoms with Crippen molar-refractivity contribution in [3.63, 3.8) is 0 Å². The minimum atomic E-state index is -1.11. The van der Waals surface area contributed by atoms with Gasteiger partial charge in [0.1, 0.15) is 11.7 Å². The second kappa shape index (κ2) is 6.41. The molecule has 2 N–H and O–H groups in total. The monoisotopic (exact) mass is 307 g/mol. The Morgan fingerprint density at radius 1 is 1.43 bits per heavy atom. The molecule has 2 aromatic rings. The van der Waals surface area contributed by atoms with Gasteiger partial charge in [0.05, 0.1) is 0 Å². The van der Waals surface area contributed by atoms with Gasteiger partial charge in [0.25, 0.3) is 5.91 Å². The van der Waals surface area contributed by atoms with E-state index in [9.17, 15) is 14.7 Å². The van der Waals surface area contributed by atoms with Gasteiger partial charge < -0.3 is 10.4 Å². The topological polar surface area (TPSA) is 84.2 Å². The van der Waals surface area contributed by atoms with Crippen molar-refractivity contribution in [2.75, 3.05) is 0 Å². The first-order valence-electron chi connectivity index (χ1n) is 6.23. The SMILES string of the molecule is Cn1nccc1C(=O)NC(Cc1cccc(Cl)c1)C(=O)O. The summed E-state index contributed by atoms with van der Waals surface area (Å²) in [6.45, 7) is 0. The highest BCUT2D eigenvalue weighted by Gasteiger charge is 2.22. The van der Waals surface area contributed by atoms with Gasteiger partial charge in [-0.1, -0.05) is 23.7 Å². The van der Waals surface area contributed by atoms with Crippen molar-refractivity contribution in [2.24, 2.45) is 7.05 Å². The van der Waals surface area contributed by atoms with Crippen LogP contribution in [0.3, 0.4) is 0 Å². The Balaban J connectivity index is 2.11. The molecule has 0 saturated carbocycles. The molecular weight excluding hydrogens is 294 g/mol. The van der Waals surface area contributed by atoms with Gasteiger partial charge in [-0.15, -0.1) is 0 Å². The van der Waals surface area contributed by atoms with E-state index in [2.05, 4.69) is 10.4 Å². The van der Waals surface area contributed by atoms with Gasteiger partial charge in [-0.3, -0.25) is 9.48 Å². The summed E-state index contributed by atoms with van der Waals surface area (Å²) in [4.78, 5) is 23.3. The fraction of sp³-hybridized carbons (Fsp3) is 0.214. The van der Waals surface area contributed by atoms with E-state index >= 15 is 0 Å². The first kappa shape index (κ1) is 15.1. The molecule has 0 aliphatic carbocycles.